The fourth-order valence-electron chi connectivity index (χ4n) is 3.17. The normalized spacial score (nSPS) is 16.9. The number of carbonyl (C=O) groups is 1. The number of rotatable bonds is 6. The average Bonchev–Trinajstić information content (AvgIpc) is 2.81. The summed E-state index contributed by atoms with van der Waals surface area (Å²) in [7, 11) is -3.50. The van der Waals surface area contributed by atoms with Gasteiger partial charge in [0.2, 0.25) is 15.9 Å². The van der Waals surface area contributed by atoms with E-state index < -0.39 is 10.0 Å². The lowest BCUT2D eigenvalue weighted by Gasteiger charge is -2.22. The van der Waals surface area contributed by atoms with Crippen LogP contribution in [0.15, 0.2) is 29.2 Å². The maximum absolute atomic E-state index is 12.9. The molecule has 140 valence electrons. The summed E-state index contributed by atoms with van der Waals surface area (Å²) in [6.07, 6.45) is 2.97. The van der Waals surface area contributed by atoms with Crippen LogP contribution >= 0.6 is 0 Å². The van der Waals surface area contributed by atoms with Crippen LogP contribution in [0.2, 0.25) is 0 Å². The Kier molecular flexibility index (Phi) is 7.02. The fraction of sp³-hybridized carbons (Fsp3) is 0.632. The van der Waals surface area contributed by atoms with Crippen LogP contribution in [0.3, 0.4) is 0 Å². The predicted octanol–water partition coefficient (Wildman–Crippen LogP) is 2.91. The van der Waals surface area contributed by atoms with Gasteiger partial charge in [-0.3, -0.25) is 4.79 Å². The molecule has 1 saturated heterocycles. The first-order chi connectivity index (χ1) is 11.8. The van der Waals surface area contributed by atoms with E-state index in [1.165, 1.54) is 4.31 Å². The molecule has 0 N–H and O–H groups in total. The van der Waals surface area contributed by atoms with E-state index in [0.29, 0.717) is 49.8 Å². The minimum Gasteiger partial charge on any atom is -0.341 e. The van der Waals surface area contributed by atoms with Crippen LogP contribution in [0.4, 0.5) is 0 Å². The van der Waals surface area contributed by atoms with E-state index in [-0.39, 0.29) is 5.91 Å². The summed E-state index contributed by atoms with van der Waals surface area (Å²) < 4.78 is 27.3. The van der Waals surface area contributed by atoms with Crippen molar-refractivity contribution >= 4 is 15.9 Å². The van der Waals surface area contributed by atoms with E-state index in [1.807, 2.05) is 19.1 Å². The third kappa shape index (κ3) is 5.28. The molecular formula is C19H30N2O3S. The van der Waals surface area contributed by atoms with E-state index in [1.54, 1.807) is 17.0 Å². The molecule has 1 aliphatic heterocycles. The summed E-state index contributed by atoms with van der Waals surface area (Å²) >= 11 is 0. The number of hydrogen-bond acceptors (Lipinski definition) is 3. The number of benzene rings is 1. The standard InChI is InChI=1S/C19H30N2O3S/c1-4-6-19(22)20-11-5-12-21(14-13-20)25(23,24)18-9-7-17(8-10-18)15-16(2)3/h7-10,16H,4-6,11-15H2,1-3H3. The molecule has 1 aromatic rings. The summed E-state index contributed by atoms with van der Waals surface area (Å²) in [4.78, 5) is 14.2. The first kappa shape index (κ1) is 19.9. The molecular weight excluding hydrogens is 336 g/mol. The molecule has 2 rings (SSSR count). The maximum Gasteiger partial charge on any atom is 0.243 e. The van der Waals surface area contributed by atoms with Crippen molar-refractivity contribution in [1.82, 2.24) is 9.21 Å². The molecule has 0 aliphatic carbocycles. The third-order valence-electron chi connectivity index (χ3n) is 4.48. The van der Waals surface area contributed by atoms with Gasteiger partial charge in [-0.1, -0.05) is 32.9 Å². The zero-order valence-electron chi connectivity index (χ0n) is 15.6. The van der Waals surface area contributed by atoms with Gasteiger partial charge in [0.05, 0.1) is 4.90 Å². The van der Waals surface area contributed by atoms with Gasteiger partial charge in [0.1, 0.15) is 0 Å². The smallest absolute Gasteiger partial charge is 0.243 e. The molecule has 25 heavy (non-hydrogen) atoms. The molecule has 0 radical (unpaired) electrons. The number of amides is 1. The molecule has 0 aromatic heterocycles. The molecule has 5 nitrogen and oxygen atoms in total. The van der Waals surface area contributed by atoms with Gasteiger partial charge in [-0.25, -0.2) is 8.42 Å². The number of hydrogen-bond donors (Lipinski definition) is 0. The van der Waals surface area contributed by atoms with Crippen LogP contribution in [0, 0.1) is 5.92 Å². The van der Waals surface area contributed by atoms with Crippen molar-refractivity contribution in [2.75, 3.05) is 26.2 Å². The van der Waals surface area contributed by atoms with E-state index in [2.05, 4.69) is 13.8 Å². The first-order valence-electron chi connectivity index (χ1n) is 9.21. The highest BCUT2D eigenvalue weighted by molar-refractivity contribution is 7.89. The van der Waals surface area contributed by atoms with Gasteiger partial charge in [0.25, 0.3) is 0 Å². The van der Waals surface area contributed by atoms with Gasteiger partial charge in [0.15, 0.2) is 0 Å². The Morgan fingerprint density at radius 2 is 1.76 bits per heavy atom. The SMILES string of the molecule is CCCC(=O)N1CCCN(S(=O)(=O)c2ccc(CC(C)C)cc2)CC1. The number of sulfonamides is 1. The zero-order chi connectivity index (χ0) is 18.4. The Bertz CT molecular complexity index is 668. The fourth-order valence-corrected chi connectivity index (χ4v) is 4.64. The van der Waals surface area contributed by atoms with Crippen LogP contribution < -0.4 is 0 Å². The Hall–Kier alpha value is -1.40. The van der Waals surface area contributed by atoms with Crippen LogP contribution in [0.5, 0.6) is 0 Å². The second-order valence-electron chi connectivity index (χ2n) is 7.13. The average molecular weight is 367 g/mol. The van der Waals surface area contributed by atoms with Gasteiger partial charge in [0, 0.05) is 32.6 Å². The highest BCUT2D eigenvalue weighted by Crippen LogP contribution is 2.20. The highest BCUT2D eigenvalue weighted by Gasteiger charge is 2.27. The molecule has 6 heteroatoms. The van der Waals surface area contributed by atoms with Gasteiger partial charge in [-0.15, -0.1) is 0 Å². The molecule has 1 aromatic carbocycles. The van der Waals surface area contributed by atoms with Crippen molar-refractivity contribution in [3.8, 4) is 0 Å². The monoisotopic (exact) mass is 366 g/mol. The van der Waals surface area contributed by atoms with E-state index >= 15 is 0 Å². The minimum atomic E-state index is -3.50. The predicted molar refractivity (Wildman–Crippen MR) is 99.8 cm³/mol. The first-order valence-corrected chi connectivity index (χ1v) is 10.7. The molecule has 0 bridgehead atoms. The summed E-state index contributed by atoms with van der Waals surface area (Å²) in [6, 6.07) is 7.22. The van der Waals surface area contributed by atoms with Crippen molar-refractivity contribution in [3.05, 3.63) is 29.8 Å². The van der Waals surface area contributed by atoms with Crippen LogP contribution in [-0.4, -0.2) is 49.7 Å². The summed E-state index contributed by atoms with van der Waals surface area (Å²) in [5.74, 6) is 0.666. The Balaban J connectivity index is 2.07. The van der Waals surface area contributed by atoms with E-state index in [0.717, 1.165) is 18.4 Å². The topological polar surface area (TPSA) is 57.7 Å². The molecule has 0 atom stereocenters. The Morgan fingerprint density at radius 3 is 2.36 bits per heavy atom. The molecule has 1 fully saturated rings. The maximum atomic E-state index is 12.9. The second kappa shape index (κ2) is 8.81. The zero-order valence-corrected chi connectivity index (χ0v) is 16.4. The number of carbonyl (C=O) groups excluding carboxylic acids is 1. The van der Waals surface area contributed by atoms with Crippen molar-refractivity contribution in [3.63, 3.8) is 0 Å². The molecule has 0 unspecified atom stereocenters. The molecule has 0 spiro atoms. The summed E-state index contributed by atoms with van der Waals surface area (Å²) in [5.41, 5.74) is 1.15. The van der Waals surface area contributed by atoms with Crippen molar-refractivity contribution in [2.24, 2.45) is 5.92 Å². The minimum absolute atomic E-state index is 0.125. The second-order valence-corrected chi connectivity index (χ2v) is 9.07. The number of nitrogens with zero attached hydrogens (tertiary/aromatic N) is 2. The van der Waals surface area contributed by atoms with Crippen molar-refractivity contribution in [2.45, 2.75) is 51.3 Å². The lowest BCUT2D eigenvalue weighted by molar-refractivity contribution is -0.131. The lowest BCUT2D eigenvalue weighted by Crippen LogP contribution is -2.37. The summed E-state index contributed by atoms with van der Waals surface area (Å²) in [5, 5.41) is 0. The molecule has 1 amide bonds. The van der Waals surface area contributed by atoms with Gasteiger partial charge < -0.3 is 4.90 Å². The Morgan fingerprint density at radius 1 is 1.08 bits per heavy atom. The lowest BCUT2D eigenvalue weighted by atomic mass is 10.0. The van der Waals surface area contributed by atoms with Crippen molar-refractivity contribution in [1.29, 1.82) is 0 Å². The van der Waals surface area contributed by atoms with Gasteiger partial charge >= 0.3 is 0 Å². The van der Waals surface area contributed by atoms with Crippen molar-refractivity contribution < 1.29 is 13.2 Å². The molecule has 1 heterocycles. The molecule has 1 aliphatic rings. The van der Waals surface area contributed by atoms with Crippen LogP contribution in [0.25, 0.3) is 0 Å². The third-order valence-corrected chi connectivity index (χ3v) is 6.39. The Labute approximate surface area is 152 Å². The van der Waals surface area contributed by atoms with Crippen LogP contribution in [0.1, 0.15) is 45.6 Å². The summed E-state index contributed by atoms with van der Waals surface area (Å²) in [6.45, 7) is 8.22. The van der Waals surface area contributed by atoms with Gasteiger partial charge in [-0.2, -0.15) is 4.31 Å². The molecule has 0 saturated carbocycles. The highest BCUT2D eigenvalue weighted by atomic mass is 32.2. The van der Waals surface area contributed by atoms with Gasteiger partial charge in [-0.05, 0) is 42.9 Å². The quantitative estimate of drug-likeness (QED) is 0.778. The van der Waals surface area contributed by atoms with E-state index in [4.69, 9.17) is 0 Å². The van der Waals surface area contributed by atoms with Crippen LogP contribution in [-0.2, 0) is 21.2 Å². The largest absolute Gasteiger partial charge is 0.341 e. The van der Waals surface area contributed by atoms with E-state index in [9.17, 15) is 13.2 Å².